The van der Waals surface area contributed by atoms with Gasteiger partial charge in [-0.15, -0.1) is 0 Å². The topological polar surface area (TPSA) is 72.3 Å². The lowest BCUT2D eigenvalue weighted by molar-refractivity contribution is 0.0696. The van der Waals surface area contributed by atoms with E-state index in [2.05, 4.69) is 9.97 Å². The maximum atomic E-state index is 10.9. The second kappa shape index (κ2) is 5.01. The highest BCUT2D eigenvalue weighted by Crippen LogP contribution is 2.29. The Balaban J connectivity index is 2.32. The molecule has 0 aliphatic carbocycles. The fraction of sp³-hybridized carbons (Fsp3) is 0.0833. The van der Waals surface area contributed by atoms with Crippen LogP contribution < -0.4 is 4.74 Å². The van der Waals surface area contributed by atoms with Crippen LogP contribution in [0, 0.1) is 6.92 Å². The number of carbonyl (C=O) groups is 1. The number of ether oxygens (including phenoxy) is 1. The third kappa shape index (κ3) is 2.57. The monoisotopic (exact) mass is 264 g/mol. The Morgan fingerprint density at radius 3 is 2.72 bits per heavy atom. The van der Waals surface area contributed by atoms with Crippen LogP contribution in [-0.2, 0) is 0 Å². The van der Waals surface area contributed by atoms with E-state index in [1.54, 1.807) is 12.1 Å². The zero-order valence-electron chi connectivity index (χ0n) is 9.42. The van der Waals surface area contributed by atoms with E-state index >= 15 is 0 Å². The third-order valence-corrected chi connectivity index (χ3v) is 2.55. The number of aromatic carboxylic acids is 1. The first-order valence-electron chi connectivity index (χ1n) is 5.06. The molecule has 2 aromatic heterocycles. The summed E-state index contributed by atoms with van der Waals surface area (Å²) in [5.74, 6) is -0.644. The Hall–Kier alpha value is -2.14. The molecule has 0 aliphatic rings. The summed E-state index contributed by atoms with van der Waals surface area (Å²) in [6.07, 6.45) is 2.84. The fourth-order valence-corrected chi connectivity index (χ4v) is 1.52. The van der Waals surface area contributed by atoms with Crippen molar-refractivity contribution < 1.29 is 14.6 Å². The van der Waals surface area contributed by atoms with E-state index in [1.807, 2.05) is 6.92 Å². The molecule has 2 heterocycles. The lowest BCUT2D eigenvalue weighted by Crippen LogP contribution is -2.00. The molecule has 0 aliphatic heterocycles. The van der Waals surface area contributed by atoms with Crippen molar-refractivity contribution in [2.24, 2.45) is 0 Å². The number of pyridine rings is 2. The van der Waals surface area contributed by atoms with Gasteiger partial charge in [0.25, 0.3) is 0 Å². The fourth-order valence-electron chi connectivity index (χ4n) is 1.29. The van der Waals surface area contributed by atoms with Crippen molar-refractivity contribution in [3.05, 3.63) is 46.9 Å². The summed E-state index contributed by atoms with van der Waals surface area (Å²) in [6.45, 7) is 1.85. The molecule has 0 saturated carbocycles. The van der Waals surface area contributed by atoms with Crippen LogP contribution >= 0.6 is 11.6 Å². The van der Waals surface area contributed by atoms with Crippen molar-refractivity contribution in [2.75, 3.05) is 0 Å². The molecule has 18 heavy (non-hydrogen) atoms. The van der Waals surface area contributed by atoms with Gasteiger partial charge >= 0.3 is 5.97 Å². The van der Waals surface area contributed by atoms with Gasteiger partial charge in [0.15, 0.2) is 0 Å². The zero-order valence-corrected chi connectivity index (χ0v) is 10.2. The first kappa shape index (κ1) is 12.3. The smallest absolute Gasteiger partial charge is 0.337 e. The lowest BCUT2D eigenvalue weighted by Gasteiger charge is -2.07. The molecule has 2 rings (SSSR count). The number of aryl methyl sites for hydroxylation is 1. The maximum Gasteiger partial charge on any atom is 0.337 e. The van der Waals surface area contributed by atoms with Crippen LogP contribution in [0.4, 0.5) is 0 Å². The molecule has 6 heteroatoms. The van der Waals surface area contributed by atoms with Crippen molar-refractivity contribution in [3.63, 3.8) is 0 Å². The van der Waals surface area contributed by atoms with Crippen LogP contribution in [0.1, 0.15) is 16.1 Å². The van der Waals surface area contributed by atoms with Crippen LogP contribution in [0.5, 0.6) is 11.6 Å². The molecule has 0 aromatic carbocycles. The predicted molar refractivity (Wildman–Crippen MR) is 65.3 cm³/mol. The summed E-state index contributed by atoms with van der Waals surface area (Å²) in [6, 6.07) is 4.78. The average molecular weight is 265 g/mol. The minimum atomic E-state index is -1.13. The number of hydrogen-bond acceptors (Lipinski definition) is 4. The van der Waals surface area contributed by atoms with Gasteiger partial charge in [-0.05, 0) is 25.1 Å². The van der Waals surface area contributed by atoms with Crippen LogP contribution in [0.15, 0.2) is 30.6 Å². The summed E-state index contributed by atoms with van der Waals surface area (Å²) in [4.78, 5) is 18.8. The molecular formula is C12H9ClN2O3. The van der Waals surface area contributed by atoms with E-state index in [1.165, 1.54) is 18.5 Å². The molecule has 0 atom stereocenters. The Morgan fingerprint density at radius 2 is 2.11 bits per heavy atom. The molecule has 5 nitrogen and oxygen atoms in total. The van der Waals surface area contributed by atoms with Crippen LogP contribution in [0.3, 0.4) is 0 Å². The van der Waals surface area contributed by atoms with Crippen molar-refractivity contribution in [1.82, 2.24) is 9.97 Å². The lowest BCUT2D eigenvalue weighted by atomic mass is 10.3. The Kier molecular flexibility index (Phi) is 3.43. The van der Waals surface area contributed by atoms with Gasteiger partial charge < -0.3 is 9.84 Å². The second-order valence-electron chi connectivity index (χ2n) is 3.52. The van der Waals surface area contributed by atoms with Gasteiger partial charge in [-0.1, -0.05) is 11.6 Å². The van der Waals surface area contributed by atoms with E-state index in [0.717, 1.165) is 5.69 Å². The highest BCUT2D eigenvalue weighted by atomic mass is 35.5. The molecule has 2 aromatic rings. The third-order valence-electron chi connectivity index (χ3n) is 2.19. The van der Waals surface area contributed by atoms with Crippen LogP contribution in [0.25, 0.3) is 0 Å². The minimum Gasteiger partial charge on any atom is -0.478 e. The number of nitrogens with zero attached hydrogens (tertiary/aromatic N) is 2. The number of hydrogen-bond donors (Lipinski definition) is 1. The highest BCUT2D eigenvalue weighted by molar-refractivity contribution is 6.34. The number of carboxylic acid groups (broad SMARTS) is 1. The highest BCUT2D eigenvalue weighted by Gasteiger charge is 2.14. The number of halogens is 1. The summed E-state index contributed by atoms with van der Waals surface area (Å²) in [7, 11) is 0. The maximum absolute atomic E-state index is 10.9. The molecule has 0 bridgehead atoms. The summed E-state index contributed by atoms with van der Waals surface area (Å²) >= 11 is 5.90. The van der Waals surface area contributed by atoms with Gasteiger partial charge in [0, 0.05) is 11.9 Å². The van der Waals surface area contributed by atoms with E-state index in [9.17, 15) is 4.79 Å². The number of carboxylic acids is 1. The average Bonchev–Trinajstić information content (AvgIpc) is 2.34. The van der Waals surface area contributed by atoms with Gasteiger partial charge in [0.1, 0.15) is 10.8 Å². The van der Waals surface area contributed by atoms with E-state index in [0.29, 0.717) is 5.75 Å². The molecule has 0 unspecified atom stereocenters. The van der Waals surface area contributed by atoms with E-state index < -0.39 is 5.97 Å². The minimum absolute atomic E-state index is 0.0365. The van der Waals surface area contributed by atoms with Crippen molar-refractivity contribution in [3.8, 4) is 11.6 Å². The molecule has 0 amide bonds. The summed E-state index contributed by atoms with van der Waals surface area (Å²) < 4.78 is 5.39. The predicted octanol–water partition coefficient (Wildman–Crippen LogP) is 2.93. The van der Waals surface area contributed by atoms with Gasteiger partial charge in [-0.3, -0.25) is 4.98 Å². The summed E-state index contributed by atoms with van der Waals surface area (Å²) in [5.41, 5.74) is 0.794. The van der Waals surface area contributed by atoms with Crippen LogP contribution in [0.2, 0.25) is 5.02 Å². The first-order chi connectivity index (χ1) is 8.58. The Morgan fingerprint density at radius 1 is 1.33 bits per heavy atom. The van der Waals surface area contributed by atoms with Gasteiger partial charge in [-0.25, -0.2) is 9.78 Å². The quantitative estimate of drug-likeness (QED) is 0.923. The standard InChI is InChI=1S/C12H9ClN2O3/c1-7-2-3-8(6-15-7)18-11-10(13)9(12(16)17)4-5-14-11/h2-6H,1H3,(H,16,17). The van der Waals surface area contributed by atoms with E-state index in [4.69, 9.17) is 21.4 Å². The number of rotatable bonds is 3. The largest absolute Gasteiger partial charge is 0.478 e. The molecule has 0 radical (unpaired) electrons. The molecule has 1 N–H and O–H groups in total. The molecule has 0 spiro atoms. The van der Waals surface area contributed by atoms with E-state index in [-0.39, 0.29) is 16.5 Å². The first-order valence-corrected chi connectivity index (χ1v) is 5.44. The van der Waals surface area contributed by atoms with Crippen molar-refractivity contribution in [1.29, 1.82) is 0 Å². The van der Waals surface area contributed by atoms with Gasteiger partial charge in [-0.2, -0.15) is 0 Å². The Bertz CT molecular complexity index is 584. The molecule has 0 fully saturated rings. The second-order valence-corrected chi connectivity index (χ2v) is 3.90. The SMILES string of the molecule is Cc1ccc(Oc2nccc(C(=O)O)c2Cl)cn1. The summed E-state index contributed by atoms with van der Waals surface area (Å²) in [5, 5.41) is 8.88. The molecular weight excluding hydrogens is 256 g/mol. The Labute approximate surface area is 108 Å². The molecule has 92 valence electrons. The molecule has 0 saturated heterocycles. The van der Waals surface area contributed by atoms with Gasteiger partial charge in [0.2, 0.25) is 5.88 Å². The van der Waals surface area contributed by atoms with Crippen molar-refractivity contribution in [2.45, 2.75) is 6.92 Å². The normalized spacial score (nSPS) is 10.1. The number of aromatic nitrogens is 2. The van der Waals surface area contributed by atoms with Crippen molar-refractivity contribution >= 4 is 17.6 Å². The van der Waals surface area contributed by atoms with Crippen LogP contribution in [-0.4, -0.2) is 21.0 Å². The van der Waals surface area contributed by atoms with Gasteiger partial charge in [0.05, 0.1) is 11.8 Å². The zero-order chi connectivity index (χ0) is 13.1.